The van der Waals surface area contributed by atoms with Crippen molar-refractivity contribution in [2.75, 3.05) is 5.32 Å². The van der Waals surface area contributed by atoms with E-state index in [2.05, 4.69) is 20.6 Å². The van der Waals surface area contributed by atoms with Gasteiger partial charge < -0.3 is 4.84 Å². The standard InChI is InChI=1S/C18H15ClFN5O2S/c1-9-10(7-25(2)23-9)14-8-28-18(21-14)22-17(26)15-6-13(24-27-15)16-11(19)4-3-5-12(16)20/h3-5,7-8,15H,6H2,1-2H3,(H,21,22,26)/t15-/m0/s1. The third-order valence-corrected chi connectivity index (χ3v) is 5.31. The highest BCUT2D eigenvalue weighted by molar-refractivity contribution is 7.14. The van der Waals surface area contributed by atoms with Gasteiger partial charge in [-0.2, -0.15) is 5.10 Å². The molecule has 10 heteroatoms. The van der Waals surface area contributed by atoms with Crippen molar-refractivity contribution in [3.05, 3.63) is 51.9 Å². The van der Waals surface area contributed by atoms with Gasteiger partial charge in [-0.05, 0) is 19.1 Å². The Kier molecular flexibility index (Phi) is 4.86. The molecule has 144 valence electrons. The Balaban J connectivity index is 1.44. The van der Waals surface area contributed by atoms with Crippen LogP contribution in [0.4, 0.5) is 9.52 Å². The summed E-state index contributed by atoms with van der Waals surface area (Å²) in [6.45, 7) is 1.89. The molecule has 1 aliphatic heterocycles. The zero-order valence-corrected chi connectivity index (χ0v) is 16.5. The number of anilines is 1. The average molecular weight is 420 g/mol. The normalized spacial score (nSPS) is 16.0. The van der Waals surface area contributed by atoms with E-state index in [1.807, 2.05) is 25.5 Å². The van der Waals surface area contributed by atoms with Crippen molar-refractivity contribution in [2.45, 2.75) is 19.4 Å². The maximum atomic E-state index is 14.0. The number of hydrogen-bond donors (Lipinski definition) is 1. The highest BCUT2D eigenvalue weighted by atomic mass is 35.5. The van der Waals surface area contributed by atoms with E-state index in [9.17, 15) is 9.18 Å². The molecule has 0 bridgehead atoms. The van der Waals surface area contributed by atoms with E-state index in [1.54, 1.807) is 10.7 Å². The first-order valence-corrected chi connectivity index (χ1v) is 9.62. The van der Waals surface area contributed by atoms with E-state index in [-0.39, 0.29) is 17.0 Å². The number of amides is 1. The molecule has 2 aromatic heterocycles. The number of carbonyl (C=O) groups is 1. The summed E-state index contributed by atoms with van der Waals surface area (Å²) in [7, 11) is 1.84. The zero-order chi connectivity index (χ0) is 19.8. The second-order valence-electron chi connectivity index (χ2n) is 6.26. The third-order valence-electron chi connectivity index (χ3n) is 4.24. The molecule has 7 nitrogen and oxygen atoms in total. The highest BCUT2D eigenvalue weighted by Crippen LogP contribution is 2.28. The predicted molar refractivity (Wildman–Crippen MR) is 105 cm³/mol. The van der Waals surface area contributed by atoms with E-state index < -0.39 is 17.8 Å². The van der Waals surface area contributed by atoms with Gasteiger partial charge in [0.1, 0.15) is 5.82 Å². The molecule has 1 aromatic carbocycles. The molecule has 3 aromatic rings. The van der Waals surface area contributed by atoms with Crippen molar-refractivity contribution in [1.82, 2.24) is 14.8 Å². The number of aryl methyl sites for hydroxylation is 2. The number of oxime groups is 1. The Hall–Kier alpha value is -2.78. The van der Waals surface area contributed by atoms with Crippen LogP contribution in [0.1, 0.15) is 17.7 Å². The van der Waals surface area contributed by atoms with Crippen molar-refractivity contribution in [2.24, 2.45) is 12.2 Å². The Morgan fingerprint density at radius 2 is 2.29 bits per heavy atom. The lowest BCUT2D eigenvalue weighted by Gasteiger charge is -2.07. The van der Waals surface area contributed by atoms with Gasteiger partial charge in [0, 0.05) is 30.6 Å². The van der Waals surface area contributed by atoms with Gasteiger partial charge in [-0.15, -0.1) is 11.3 Å². The van der Waals surface area contributed by atoms with Gasteiger partial charge in [-0.3, -0.25) is 14.8 Å². The monoisotopic (exact) mass is 419 g/mol. The van der Waals surface area contributed by atoms with E-state index in [1.165, 1.54) is 23.5 Å². The lowest BCUT2D eigenvalue weighted by Crippen LogP contribution is -2.28. The minimum atomic E-state index is -0.877. The lowest BCUT2D eigenvalue weighted by atomic mass is 10.0. The fourth-order valence-corrected chi connectivity index (χ4v) is 3.92. The second kappa shape index (κ2) is 7.33. The number of hydrogen-bond acceptors (Lipinski definition) is 6. The van der Waals surface area contributed by atoms with Crippen LogP contribution in [-0.4, -0.2) is 32.5 Å². The number of thiazole rings is 1. The quantitative estimate of drug-likeness (QED) is 0.697. The van der Waals surface area contributed by atoms with Gasteiger partial charge in [0.15, 0.2) is 5.13 Å². The molecule has 1 amide bonds. The Labute approximate surface area is 168 Å². The molecule has 1 N–H and O–H groups in total. The molecule has 0 radical (unpaired) electrons. The largest absolute Gasteiger partial charge is 0.382 e. The summed E-state index contributed by atoms with van der Waals surface area (Å²) in [5.41, 5.74) is 2.94. The molecule has 1 atom stereocenters. The Morgan fingerprint density at radius 1 is 1.46 bits per heavy atom. The highest BCUT2D eigenvalue weighted by Gasteiger charge is 2.31. The van der Waals surface area contributed by atoms with Crippen LogP contribution in [0, 0.1) is 12.7 Å². The third kappa shape index (κ3) is 3.50. The van der Waals surface area contributed by atoms with E-state index in [4.69, 9.17) is 16.4 Å². The van der Waals surface area contributed by atoms with Crippen LogP contribution in [0.3, 0.4) is 0 Å². The summed E-state index contributed by atoms with van der Waals surface area (Å²) >= 11 is 7.35. The Morgan fingerprint density at radius 3 is 3.00 bits per heavy atom. The molecule has 0 saturated heterocycles. The van der Waals surface area contributed by atoms with Crippen LogP contribution < -0.4 is 5.32 Å². The molecule has 28 heavy (non-hydrogen) atoms. The molecular formula is C18H15ClFN5O2S. The van der Waals surface area contributed by atoms with Crippen LogP contribution >= 0.6 is 22.9 Å². The molecule has 0 saturated carbocycles. The summed E-state index contributed by atoms with van der Waals surface area (Å²) in [4.78, 5) is 22.1. The summed E-state index contributed by atoms with van der Waals surface area (Å²) < 4.78 is 15.7. The second-order valence-corrected chi connectivity index (χ2v) is 7.53. The van der Waals surface area contributed by atoms with Crippen LogP contribution in [0.2, 0.25) is 5.02 Å². The van der Waals surface area contributed by atoms with Crippen LogP contribution in [0.15, 0.2) is 34.9 Å². The fraction of sp³-hybridized carbons (Fsp3) is 0.222. The van der Waals surface area contributed by atoms with Crippen molar-refractivity contribution in [3.8, 4) is 11.3 Å². The van der Waals surface area contributed by atoms with Gasteiger partial charge in [0.05, 0.1) is 27.7 Å². The molecule has 0 unspecified atom stereocenters. The lowest BCUT2D eigenvalue weighted by molar-refractivity contribution is -0.125. The van der Waals surface area contributed by atoms with Gasteiger partial charge in [0.25, 0.3) is 5.91 Å². The molecule has 0 fully saturated rings. The van der Waals surface area contributed by atoms with Gasteiger partial charge >= 0.3 is 0 Å². The van der Waals surface area contributed by atoms with Gasteiger partial charge in [-0.25, -0.2) is 9.37 Å². The maximum Gasteiger partial charge on any atom is 0.270 e. The van der Waals surface area contributed by atoms with Crippen molar-refractivity contribution >= 4 is 39.7 Å². The number of halogens is 2. The minimum Gasteiger partial charge on any atom is -0.382 e. The average Bonchev–Trinajstić information content (AvgIpc) is 3.35. The first kappa shape index (κ1) is 18.6. The summed E-state index contributed by atoms with van der Waals surface area (Å²) in [6.07, 6.45) is 1.11. The molecule has 0 spiro atoms. The first-order chi connectivity index (χ1) is 13.4. The molecule has 1 aliphatic rings. The topological polar surface area (TPSA) is 81.4 Å². The zero-order valence-electron chi connectivity index (χ0n) is 14.9. The molecule has 0 aliphatic carbocycles. The molecule has 4 rings (SSSR count). The van der Waals surface area contributed by atoms with Gasteiger partial charge in [-0.1, -0.05) is 22.8 Å². The SMILES string of the molecule is Cc1nn(C)cc1-c1csc(NC(=O)[C@@H]2CC(c3c(F)cccc3Cl)=NO2)n1. The maximum absolute atomic E-state index is 14.0. The smallest absolute Gasteiger partial charge is 0.270 e. The first-order valence-electron chi connectivity index (χ1n) is 8.36. The number of nitrogens with one attached hydrogen (secondary N) is 1. The van der Waals surface area contributed by atoms with Crippen molar-refractivity contribution in [1.29, 1.82) is 0 Å². The van der Waals surface area contributed by atoms with Gasteiger partial charge in [0.2, 0.25) is 6.10 Å². The fourth-order valence-electron chi connectivity index (χ4n) is 2.93. The summed E-state index contributed by atoms with van der Waals surface area (Å²) in [5.74, 6) is -0.915. The van der Waals surface area contributed by atoms with E-state index in [0.29, 0.717) is 10.8 Å². The minimum absolute atomic E-state index is 0.117. The number of nitrogens with zero attached hydrogens (tertiary/aromatic N) is 4. The van der Waals surface area contributed by atoms with Crippen LogP contribution in [0.5, 0.6) is 0 Å². The summed E-state index contributed by atoms with van der Waals surface area (Å²) in [6, 6.07) is 4.35. The van der Waals surface area contributed by atoms with E-state index >= 15 is 0 Å². The predicted octanol–water partition coefficient (Wildman–Crippen LogP) is 3.78. The van der Waals surface area contributed by atoms with Crippen LogP contribution in [0.25, 0.3) is 11.3 Å². The number of rotatable bonds is 4. The van der Waals surface area contributed by atoms with E-state index in [0.717, 1.165) is 17.0 Å². The number of carbonyl (C=O) groups excluding carboxylic acids is 1. The molecular weight excluding hydrogens is 405 g/mol. The van der Waals surface area contributed by atoms with Crippen molar-refractivity contribution < 1.29 is 14.0 Å². The molecule has 3 heterocycles. The Bertz CT molecular complexity index is 1070. The summed E-state index contributed by atoms with van der Waals surface area (Å²) in [5, 5.41) is 13.3. The van der Waals surface area contributed by atoms with Crippen LogP contribution in [-0.2, 0) is 16.7 Å². The number of aromatic nitrogens is 3. The van der Waals surface area contributed by atoms with Crippen molar-refractivity contribution in [3.63, 3.8) is 0 Å². The number of benzene rings is 1.